The van der Waals surface area contributed by atoms with E-state index < -0.39 is 29.7 Å². The fourth-order valence-corrected chi connectivity index (χ4v) is 12.2. The number of ether oxygens (including phenoxy) is 2. The summed E-state index contributed by atoms with van der Waals surface area (Å²) in [5, 5.41) is 12.6. The number of amides is 2. The number of unbranched alkanes of at least 4 members (excludes halogenated alkanes) is 30. The summed E-state index contributed by atoms with van der Waals surface area (Å²) in [5.41, 5.74) is 19.9. The zero-order valence-corrected chi connectivity index (χ0v) is 57.8. The van der Waals surface area contributed by atoms with E-state index in [1.165, 1.54) is 164 Å². The molecule has 2 heterocycles. The predicted octanol–water partition coefficient (Wildman–Crippen LogP) is 14.1. The number of imidazole rings is 1. The molecule has 518 valence electrons. The Kier molecular flexibility index (Phi) is 47.0. The number of aromatic nitrogens is 4. The van der Waals surface area contributed by atoms with Gasteiger partial charge in [0.25, 0.3) is 0 Å². The highest BCUT2D eigenvalue weighted by atomic mass is 32.2. The molecule has 19 nitrogen and oxygen atoms in total. The number of nitrogens with two attached hydrogens (primary N) is 3. The van der Waals surface area contributed by atoms with Crippen molar-refractivity contribution in [3.05, 3.63) is 40.3 Å². The Hall–Kier alpha value is -5.05. The van der Waals surface area contributed by atoms with Crippen LogP contribution in [0.4, 0.5) is 17.5 Å². The summed E-state index contributed by atoms with van der Waals surface area (Å²) in [4.78, 5) is 92.4. The van der Waals surface area contributed by atoms with Crippen LogP contribution in [0.25, 0.3) is 11.2 Å². The molecular weight excluding hydrogens is 1170 g/mol. The number of benzene rings is 1. The number of H-pyrrole nitrogens is 1. The number of esters is 2. The van der Waals surface area contributed by atoms with Crippen LogP contribution in [0.15, 0.2) is 29.1 Å². The second-order valence-corrected chi connectivity index (χ2v) is 26.4. The highest BCUT2D eigenvalue weighted by Gasteiger charge is 2.27. The van der Waals surface area contributed by atoms with Crippen LogP contribution in [0.3, 0.4) is 0 Å². The topological polar surface area (TPSA) is 294 Å². The van der Waals surface area contributed by atoms with Crippen LogP contribution in [0, 0.1) is 5.92 Å². The molecular formula is C71H125N11O8S. The highest BCUT2D eigenvalue weighted by Crippen LogP contribution is 2.23. The smallest absolute Gasteiger partial charge is 0.328 e. The number of hydrogen-bond donors (Lipinski definition) is 8. The standard InChI is InChI=1S/C71H125N11O8S/c1-4-7-10-12-14-16-18-20-22-24-26-30-34-39-64(85)89-54-60(90-65(86)40-35-31-27-25-23-21-19-17-15-13-11-8-5-2)55-91-56-61(73)62(83)52-58(43-46-63(84)76-51-38-49-75-48-37-33-29-28-32-36-47-72)69(87)78-59-44-41-57(42-45-59)53-82-68-66(79-71(82)88)67(74)80-70(81-68)77-50-9-6-3/h41-42,44-45,58,60-61,75H,4-40,43,46-56,72-73H2,1-3H3,(H,76,84)(H,78,87)(H,79,88)(H3,74,77,80,81)/t58-,60?,61+/m1/s1. The fraction of sp³-hybridized carbons (Fsp3) is 0.775. The molecule has 2 amide bonds. The number of nitrogens with zero attached hydrogens (tertiary/aromatic N) is 3. The largest absolute Gasteiger partial charge is 0.462 e. The van der Waals surface area contributed by atoms with E-state index in [-0.39, 0.29) is 79.8 Å². The van der Waals surface area contributed by atoms with Crippen molar-refractivity contribution < 1.29 is 33.4 Å². The molecule has 0 saturated heterocycles. The van der Waals surface area contributed by atoms with Gasteiger partial charge in [0.05, 0.1) is 12.6 Å². The lowest BCUT2D eigenvalue weighted by Gasteiger charge is -2.20. The lowest BCUT2D eigenvalue weighted by molar-refractivity contribution is -0.157. The summed E-state index contributed by atoms with van der Waals surface area (Å²) in [7, 11) is 0. The number of anilines is 3. The van der Waals surface area contributed by atoms with Crippen molar-refractivity contribution in [2.75, 3.05) is 67.2 Å². The molecule has 1 aromatic carbocycles. The molecule has 0 radical (unpaired) electrons. The molecule has 0 bridgehead atoms. The summed E-state index contributed by atoms with van der Waals surface area (Å²) in [5.74, 6) is -1.60. The quantitative estimate of drug-likeness (QED) is 0.0192. The maximum absolute atomic E-state index is 14.2. The third kappa shape index (κ3) is 39.3. The number of rotatable bonds is 61. The molecule has 0 aliphatic heterocycles. The Morgan fingerprint density at radius 3 is 1.70 bits per heavy atom. The van der Waals surface area contributed by atoms with E-state index in [1.54, 1.807) is 24.3 Å². The molecule has 0 spiro atoms. The first kappa shape index (κ1) is 80.2. The fourth-order valence-electron chi connectivity index (χ4n) is 11.2. The number of Topliss-reactive ketones (excluding diaryl/α,β-unsaturated/α-hetero) is 1. The molecule has 20 heteroatoms. The second kappa shape index (κ2) is 53.3. The number of carbonyl (C=O) groups excluding carboxylic acids is 5. The molecule has 0 aliphatic carbocycles. The lowest BCUT2D eigenvalue weighted by atomic mass is 9.93. The number of aromatic amines is 1. The molecule has 1 unspecified atom stereocenters. The zero-order valence-electron chi connectivity index (χ0n) is 56.9. The summed E-state index contributed by atoms with van der Waals surface area (Å²) < 4.78 is 13.1. The number of thioether (sulfide) groups is 1. The van der Waals surface area contributed by atoms with Gasteiger partial charge >= 0.3 is 17.6 Å². The Morgan fingerprint density at radius 2 is 1.13 bits per heavy atom. The number of nitrogen functional groups attached to an aromatic ring is 1. The van der Waals surface area contributed by atoms with Gasteiger partial charge in [0.15, 0.2) is 17.2 Å². The molecule has 91 heavy (non-hydrogen) atoms. The van der Waals surface area contributed by atoms with Gasteiger partial charge in [-0.2, -0.15) is 21.7 Å². The van der Waals surface area contributed by atoms with Gasteiger partial charge in [0.2, 0.25) is 17.8 Å². The maximum Gasteiger partial charge on any atom is 0.328 e. The highest BCUT2D eigenvalue weighted by molar-refractivity contribution is 7.99. The van der Waals surface area contributed by atoms with E-state index in [9.17, 15) is 28.8 Å². The van der Waals surface area contributed by atoms with Crippen molar-refractivity contribution in [1.82, 2.24) is 30.2 Å². The minimum atomic E-state index is -0.964. The van der Waals surface area contributed by atoms with E-state index in [0.29, 0.717) is 42.3 Å². The van der Waals surface area contributed by atoms with Crippen LogP contribution in [0.2, 0.25) is 0 Å². The van der Waals surface area contributed by atoms with Gasteiger partial charge in [-0.05, 0) is 82.3 Å². The predicted molar refractivity (Wildman–Crippen MR) is 376 cm³/mol. The number of fused-ring (bicyclic) bond motifs is 1. The average Bonchev–Trinajstić information content (AvgIpc) is 1.81. The molecule has 3 atom stereocenters. The monoisotopic (exact) mass is 1290 g/mol. The van der Waals surface area contributed by atoms with E-state index in [4.69, 9.17) is 26.7 Å². The van der Waals surface area contributed by atoms with Gasteiger partial charge in [0, 0.05) is 61.9 Å². The molecule has 0 fully saturated rings. The Bertz CT molecular complexity index is 2440. The summed E-state index contributed by atoms with van der Waals surface area (Å²) in [6, 6.07) is 6.06. The van der Waals surface area contributed by atoms with Crippen LogP contribution in [0.5, 0.6) is 0 Å². The second-order valence-electron chi connectivity index (χ2n) is 25.3. The molecule has 11 N–H and O–H groups in total. The zero-order chi connectivity index (χ0) is 65.8. The van der Waals surface area contributed by atoms with Crippen molar-refractivity contribution >= 4 is 69.9 Å². The Balaban J connectivity index is 1.60. The number of nitrogens with one attached hydrogen (secondary N) is 5. The van der Waals surface area contributed by atoms with E-state index in [1.807, 2.05) is 0 Å². The van der Waals surface area contributed by atoms with Crippen LogP contribution in [-0.4, -0.2) is 112 Å². The van der Waals surface area contributed by atoms with E-state index >= 15 is 0 Å². The normalized spacial score (nSPS) is 12.5. The third-order valence-corrected chi connectivity index (χ3v) is 18.1. The maximum atomic E-state index is 14.2. The van der Waals surface area contributed by atoms with Gasteiger partial charge < -0.3 is 52.9 Å². The molecule has 3 aromatic rings. The van der Waals surface area contributed by atoms with Crippen molar-refractivity contribution in [2.45, 2.75) is 296 Å². The van der Waals surface area contributed by atoms with Crippen molar-refractivity contribution in [3.63, 3.8) is 0 Å². The van der Waals surface area contributed by atoms with Crippen LogP contribution in [-0.2, 0) is 40.0 Å². The Morgan fingerprint density at radius 1 is 0.604 bits per heavy atom. The van der Waals surface area contributed by atoms with E-state index in [0.717, 1.165) is 102 Å². The van der Waals surface area contributed by atoms with Crippen molar-refractivity contribution in [3.8, 4) is 0 Å². The minimum absolute atomic E-state index is 0.0274. The van der Waals surface area contributed by atoms with Crippen LogP contribution >= 0.6 is 11.8 Å². The van der Waals surface area contributed by atoms with Gasteiger partial charge in [-0.25, -0.2) is 4.79 Å². The number of hydrogen-bond acceptors (Lipinski definition) is 16. The van der Waals surface area contributed by atoms with Crippen LogP contribution in [0.1, 0.15) is 283 Å². The molecule has 0 saturated carbocycles. The first-order chi connectivity index (χ1) is 44.4. The van der Waals surface area contributed by atoms with Crippen molar-refractivity contribution in [1.29, 1.82) is 0 Å². The summed E-state index contributed by atoms with van der Waals surface area (Å²) in [6.45, 7) is 10.2. The SMILES string of the molecule is CCCCCCCCCCCCCCCC(=O)OCC(CSC[C@H](N)C(=O)C[C@@H](CCC(=O)NCCCNCCCCCCCCN)C(=O)Nc1ccc(Cn2c(=O)[nH]c3c(N)nc(NCCCC)nc32)cc1)OC(=O)CCCCCCCCCCCCCCC. The lowest BCUT2D eigenvalue weighted by Crippen LogP contribution is -2.37. The van der Waals surface area contributed by atoms with Gasteiger partial charge in [-0.1, -0.05) is 219 Å². The van der Waals surface area contributed by atoms with Gasteiger partial charge in [0.1, 0.15) is 18.2 Å². The summed E-state index contributed by atoms with van der Waals surface area (Å²) in [6.07, 6.45) is 40.8. The molecule has 0 aliphatic rings. The van der Waals surface area contributed by atoms with Crippen molar-refractivity contribution in [2.24, 2.45) is 17.4 Å². The minimum Gasteiger partial charge on any atom is -0.462 e. The van der Waals surface area contributed by atoms with Crippen LogP contribution < -0.4 is 44.2 Å². The van der Waals surface area contributed by atoms with Gasteiger partial charge in [-0.15, -0.1) is 0 Å². The first-order valence-corrected chi connectivity index (χ1v) is 37.3. The number of carbonyl (C=O) groups is 5. The van der Waals surface area contributed by atoms with Gasteiger partial charge in [-0.3, -0.25) is 28.5 Å². The Labute approximate surface area is 552 Å². The molecule has 3 rings (SSSR count). The van der Waals surface area contributed by atoms with E-state index in [2.05, 4.69) is 57.0 Å². The first-order valence-electron chi connectivity index (χ1n) is 36.2. The number of ketones is 1. The average molecular weight is 1290 g/mol. The molecule has 2 aromatic heterocycles. The third-order valence-electron chi connectivity index (χ3n) is 16.9. The summed E-state index contributed by atoms with van der Waals surface area (Å²) >= 11 is 1.34.